The van der Waals surface area contributed by atoms with Gasteiger partial charge < -0.3 is 4.74 Å². The summed E-state index contributed by atoms with van der Waals surface area (Å²) in [5.74, 6) is 0.211. The van der Waals surface area contributed by atoms with Crippen LogP contribution in [0.1, 0.15) is 0 Å². The molecule has 0 amide bonds. The summed E-state index contributed by atoms with van der Waals surface area (Å²) in [5, 5.41) is 20.4. The van der Waals surface area contributed by atoms with E-state index in [4.69, 9.17) is 19.8 Å². The van der Waals surface area contributed by atoms with Crippen LogP contribution in [-0.4, -0.2) is 25.8 Å². The highest BCUT2D eigenvalue weighted by atomic mass is 32.2. The topological polar surface area (TPSA) is 136 Å². The van der Waals surface area contributed by atoms with E-state index in [9.17, 15) is 8.42 Å². The van der Waals surface area contributed by atoms with Crippen molar-refractivity contribution >= 4 is 21.5 Å². The van der Waals surface area contributed by atoms with Crippen molar-refractivity contribution in [2.24, 2.45) is 5.10 Å². The van der Waals surface area contributed by atoms with Gasteiger partial charge >= 0.3 is 0 Å². The van der Waals surface area contributed by atoms with E-state index in [1.165, 1.54) is 31.4 Å². The molecular formula is C10H8N4O4S. The standard InChI is InChI=1S/C10H8N4O4S/c1-18-8-2-3-9(10(4-8)19(15,16)17)14-13-7(5-11)6-12/h2-4,14H,1H3,(H,15,16,17). The van der Waals surface area contributed by atoms with Gasteiger partial charge in [0.15, 0.2) is 0 Å². The quantitative estimate of drug-likeness (QED) is 0.472. The predicted octanol–water partition coefficient (Wildman–Crippen LogP) is 0.757. The van der Waals surface area contributed by atoms with E-state index in [2.05, 4.69) is 10.5 Å². The highest BCUT2D eigenvalue weighted by Crippen LogP contribution is 2.26. The molecule has 1 aromatic carbocycles. The maximum atomic E-state index is 11.2. The third kappa shape index (κ3) is 3.67. The summed E-state index contributed by atoms with van der Waals surface area (Å²) in [6, 6.07) is 6.76. The van der Waals surface area contributed by atoms with Crippen LogP contribution in [-0.2, 0) is 10.1 Å². The molecule has 98 valence electrons. The molecular weight excluding hydrogens is 272 g/mol. The second kappa shape index (κ2) is 5.82. The van der Waals surface area contributed by atoms with Gasteiger partial charge in [-0.15, -0.1) is 0 Å². The third-order valence-corrected chi connectivity index (χ3v) is 2.86. The Morgan fingerprint density at radius 3 is 2.53 bits per heavy atom. The van der Waals surface area contributed by atoms with Crippen LogP contribution < -0.4 is 10.2 Å². The van der Waals surface area contributed by atoms with Crippen molar-refractivity contribution in [3.8, 4) is 17.9 Å². The average Bonchev–Trinajstić information content (AvgIpc) is 2.39. The maximum absolute atomic E-state index is 11.2. The van der Waals surface area contributed by atoms with Gasteiger partial charge in [0.25, 0.3) is 10.1 Å². The van der Waals surface area contributed by atoms with Crippen LogP contribution in [0, 0.1) is 22.7 Å². The molecule has 19 heavy (non-hydrogen) atoms. The molecule has 0 aliphatic heterocycles. The Labute approximate surface area is 109 Å². The lowest BCUT2D eigenvalue weighted by Gasteiger charge is -2.08. The molecule has 0 saturated heterocycles. The molecule has 1 rings (SSSR count). The van der Waals surface area contributed by atoms with Gasteiger partial charge in [0.2, 0.25) is 5.71 Å². The van der Waals surface area contributed by atoms with E-state index in [0.29, 0.717) is 0 Å². The molecule has 8 nitrogen and oxygen atoms in total. The number of nitriles is 2. The molecule has 0 saturated carbocycles. The molecule has 0 radical (unpaired) electrons. The van der Waals surface area contributed by atoms with Gasteiger partial charge in [-0.1, -0.05) is 0 Å². The molecule has 0 atom stereocenters. The number of benzene rings is 1. The molecule has 9 heteroatoms. The molecule has 0 aliphatic rings. The Morgan fingerprint density at radius 2 is 2.05 bits per heavy atom. The smallest absolute Gasteiger partial charge is 0.296 e. The third-order valence-electron chi connectivity index (χ3n) is 1.97. The number of methoxy groups -OCH3 is 1. The Hall–Kier alpha value is -2.62. The summed E-state index contributed by atoms with van der Waals surface area (Å²) in [5.41, 5.74) is 1.64. The molecule has 0 bridgehead atoms. The molecule has 1 aromatic rings. The van der Waals surface area contributed by atoms with Crippen molar-refractivity contribution < 1.29 is 17.7 Å². The van der Waals surface area contributed by atoms with Gasteiger partial charge in [-0.2, -0.15) is 24.0 Å². The zero-order valence-electron chi connectivity index (χ0n) is 9.65. The number of hydrazone groups is 1. The monoisotopic (exact) mass is 280 g/mol. The van der Waals surface area contributed by atoms with Crippen LogP contribution in [0.4, 0.5) is 5.69 Å². The predicted molar refractivity (Wildman–Crippen MR) is 65.1 cm³/mol. The molecule has 2 N–H and O–H groups in total. The highest BCUT2D eigenvalue weighted by molar-refractivity contribution is 7.86. The number of nitrogens with one attached hydrogen (secondary N) is 1. The van der Waals surface area contributed by atoms with Crippen LogP contribution in [0.5, 0.6) is 5.75 Å². The first-order chi connectivity index (χ1) is 8.92. The minimum atomic E-state index is -4.50. The zero-order chi connectivity index (χ0) is 14.5. The van der Waals surface area contributed by atoms with E-state index in [-0.39, 0.29) is 11.4 Å². The van der Waals surface area contributed by atoms with Gasteiger partial charge in [-0.25, -0.2) is 0 Å². The van der Waals surface area contributed by atoms with Crippen molar-refractivity contribution in [2.75, 3.05) is 12.5 Å². The minimum absolute atomic E-state index is 0.0914. The molecule has 0 unspecified atom stereocenters. The molecule has 0 fully saturated rings. The van der Waals surface area contributed by atoms with Gasteiger partial charge in [0, 0.05) is 6.07 Å². The Balaban J connectivity index is 3.27. The minimum Gasteiger partial charge on any atom is -0.497 e. The average molecular weight is 280 g/mol. The second-order valence-electron chi connectivity index (χ2n) is 3.13. The Bertz CT molecular complexity index is 681. The van der Waals surface area contributed by atoms with Gasteiger partial charge in [-0.3, -0.25) is 9.98 Å². The zero-order valence-corrected chi connectivity index (χ0v) is 10.5. The maximum Gasteiger partial charge on any atom is 0.296 e. The normalized spacial score (nSPS) is 9.89. The number of hydrogen-bond donors (Lipinski definition) is 2. The highest BCUT2D eigenvalue weighted by Gasteiger charge is 2.16. The fraction of sp³-hybridized carbons (Fsp3) is 0.100. The Kier molecular flexibility index (Phi) is 4.42. The van der Waals surface area contributed by atoms with Gasteiger partial charge in [0.1, 0.15) is 22.8 Å². The lowest BCUT2D eigenvalue weighted by Crippen LogP contribution is -2.05. The lowest BCUT2D eigenvalue weighted by atomic mass is 10.3. The van der Waals surface area contributed by atoms with Crippen molar-refractivity contribution in [3.05, 3.63) is 18.2 Å². The van der Waals surface area contributed by atoms with E-state index in [1.807, 2.05) is 0 Å². The number of nitrogens with zero attached hydrogens (tertiary/aromatic N) is 3. The summed E-state index contributed by atoms with van der Waals surface area (Å²) >= 11 is 0. The second-order valence-corrected chi connectivity index (χ2v) is 4.52. The van der Waals surface area contributed by atoms with E-state index in [0.717, 1.165) is 6.07 Å². The summed E-state index contributed by atoms with van der Waals surface area (Å²) in [7, 11) is -3.17. The van der Waals surface area contributed by atoms with Crippen molar-refractivity contribution in [2.45, 2.75) is 4.90 Å². The van der Waals surface area contributed by atoms with Crippen molar-refractivity contribution in [1.82, 2.24) is 0 Å². The molecule has 0 heterocycles. The van der Waals surface area contributed by atoms with Gasteiger partial charge in [-0.05, 0) is 12.1 Å². The fourth-order valence-corrected chi connectivity index (χ4v) is 1.78. The molecule has 0 spiro atoms. The molecule has 0 aromatic heterocycles. The number of ether oxygens (including phenoxy) is 1. The van der Waals surface area contributed by atoms with Crippen LogP contribution in [0.2, 0.25) is 0 Å². The summed E-state index contributed by atoms with van der Waals surface area (Å²) in [6.07, 6.45) is 0. The lowest BCUT2D eigenvalue weighted by molar-refractivity contribution is 0.412. The van der Waals surface area contributed by atoms with Gasteiger partial charge in [0.05, 0.1) is 12.8 Å². The molecule has 0 aliphatic carbocycles. The first-order valence-electron chi connectivity index (χ1n) is 4.71. The first-order valence-corrected chi connectivity index (χ1v) is 6.15. The van der Waals surface area contributed by atoms with Crippen LogP contribution in [0.3, 0.4) is 0 Å². The summed E-state index contributed by atoms with van der Waals surface area (Å²) in [6.45, 7) is 0. The SMILES string of the molecule is COc1ccc(NN=C(C#N)C#N)c(S(=O)(=O)O)c1. The van der Waals surface area contributed by atoms with Crippen LogP contribution in [0.15, 0.2) is 28.2 Å². The summed E-state index contributed by atoms with van der Waals surface area (Å²) < 4.78 is 36.3. The van der Waals surface area contributed by atoms with Crippen molar-refractivity contribution in [3.63, 3.8) is 0 Å². The van der Waals surface area contributed by atoms with E-state index >= 15 is 0 Å². The fourth-order valence-electron chi connectivity index (χ4n) is 1.13. The largest absolute Gasteiger partial charge is 0.497 e. The number of anilines is 1. The summed E-state index contributed by atoms with van der Waals surface area (Å²) in [4.78, 5) is -0.481. The van der Waals surface area contributed by atoms with E-state index in [1.54, 1.807) is 0 Å². The van der Waals surface area contributed by atoms with E-state index < -0.39 is 20.7 Å². The van der Waals surface area contributed by atoms with Crippen LogP contribution in [0.25, 0.3) is 0 Å². The van der Waals surface area contributed by atoms with Crippen LogP contribution >= 0.6 is 0 Å². The number of rotatable bonds is 4. The first kappa shape index (κ1) is 14.4. The van der Waals surface area contributed by atoms with Crippen molar-refractivity contribution in [1.29, 1.82) is 10.5 Å². The Morgan fingerprint density at radius 1 is 1.42 bits per heavy atom. The number of hydrogen-bond acceptors (Lipinski definition) is 7.